The Morgan fingerprint density at radius 2 is 2.12 bits per heavy atom. The molecule has 0 aromatic heterocycles. The van der Waals surface area contributed by atoms with Crippen LogP contribution in [0, 0.1) is 5.41 Å². The van der Waals surface area contributed by atoms with Crippen molar-refractivity contribution in [2.24, 2.45) is 5.41 Å². The van der Waals surface area contributed by atoms with Gasteiger partial charge in [-0.3, -0.25) is 9.59 Å². The zero-order chi connectivity index (χ0) is 12.2. The summed E-state index contributed by atoms with van der Waals surface area (Å²) < 4.78 is 0. The summed E-state index contributed by atoms with van der Waals surface area (Å²) in [7, 11) is 3.36. The lowest BCUT2D eigenvalue weighted by Crippen LogP contribution is -2.45. The number of nitrogens with zero attached hydrogens (tertiary/aromatic N) is 1. The second kappa shape index (κ2) is 5.30. The molecule has 5 nitrogen and oxygen atoms in total. The summed E-state index contributed by atoms with van der Waals surface area (Å²) in [6, 6.07) is 0. The van der Waals surface area contributed by atoms with Gasteiger partial charge in [0.2, 0.25) is 11.8 Å². The van der Waals surface area contributed by atoms with Crippen LogP contribution in [0.3, 0.4) is 0 Å². The summed E-state index contributed by atoms with van der Waals surface area (Å²) in [5.74, 6) is -0.0826. The minimum atomic E-state index is -0.313. The van der Waals surface area contributed by atoms with E-state index in [-0.39, 0.29) is 23.8 Å². The number of likely N-dealkylation sites (N-methyl/N-ethyl adjacent to an activating group) is 1. The molecular formula is C11H21N3O2. The van der Waals surface area contributed by atoms with Crippen molar-refractivity contribution in [1.82, 2.24) is 15.5 Å². The van der Waals surface area contributed by atoms with E-state index in [1.165, 1.54) is 4.90 Å². The Hall–Kier alpha value is -1.10. The standard InChI is InChI=1S/C11H21N3O2/c1-4-11(5-6-12-8-11)10(16)13-7-9(15)14(2)3/h12H,4-8H2,1-3H3,(H,13,16). The van der Waals surface area contributed by atoms with Crippen LogP contribution in [0.1, 0.15) is 19.8 Å². The molecule has 5 heteroatoms. The number of amides is 2. The average molecular weight is 227 g/mol. The minimum Gasteiger partial charge on any atom is -0.347 e. The van der Waals surface area contributed by atoms with E-state index in [4.69, 9.17) is 0 Å². The van der Waals surface area contributed by atoms with Gasteiger partial charge in [0.25, 0.3) is 0 Å². The molecule has 1 heterocycles. The van der Waals surface area contributed by atoms with Crippen LogP contribution in [-0.4, -0.2) is 50.4 Å². The molecule has 1 saturated heterocycles. The summed E-state index contributed by atoms with van der Waals surface area (Å²) in [4.78, 5) is 24.8. The summed E-state index contributed by atoms with van der Waals surface area (Å²) in [6.07, 6.45) is 1.66. The molecule has 1 atom stereocenters. The highest BCUT2D eigenvalue weighted by Crippen LogP contribution is 2.29. The summed E-state index contributed by atoms with van der Waals surface area (Å²) in [5.41, 5.74) is -0.313. The van der Waals surface area contributed by atoms with Gasteiger partial charge in [0.1, 0.15) is 0 Å². The van der Waals surface area contributed by atoms with Crippen molar-refractivity contribution < 1.29 is 9.59 Å². The maximum absolute atomic E-state index is 12.0. The van der Waals surface area contributed by atoms with Gasteiger partial charge in [-0.1, -0.05) is 6.92 Å². The molecule has 1 unspecified atom stereocenters. The van der Waals surface area contributed by atoms with Gasteiger partial charge in [0, 0.05) is 20.6 Å². The highest BCUT2D eigenvalue weighted by atomic mass is 16.2. The molecule has 1 aliphatic heterocycles. The normalized spacial score (nSPS) is 24.2. The Kier molecular flexibility index (Phi) is 4.29. The van der Waals surface area contributed by atoms with Crippen LogP contribution in [0.5, 0.6) is 0 Å². The first-order chi connectivity index (χ1) is 7.52. The fourth-order valence-electron chi connectivity index (χ4n) is 1.90. The molecule has 0 aromatic rings. The molecule has 2 amide bonds. The monoisotopic (exact) mass is 227 g/mol. The van der Waals surface area contributed by atoms with Crippen LogP contribution in [-0.2, 0) is 9.59 Å². The van der Waals surface area contributed by atoms with E-state index in [0.717, 1.165) is 19.4 Å². The number of hydrogen-bond acceptors (Lipinski definition) is 3. The summed E-state index contributed by atoms with van der Waals surface area (Å²) >= 11 is 0. The minimum absolute atomic E-state index is 0.00444. The van der Waals surface area contributed by atoms with Gasteiger partial charge in [-0.25, -0.2) is 0 Å². The van der Waals surface area contributed by atoms with Crippen LogP contribution in [0.4, 0.5) is 0 Å². The van der Waals surface area contributed by atoms with Crippen molar-refractivity contribution >= 4 is 11.8 Å². The Balaban J connectivity index is 2.48. The lowest BCUT2D eigenvalue weighted by Gasteiger charge is -2.25. The van der Waals surface area contributed by atoms with Gasteiger partial charge in [-0.15, -0.1) is 0 Å². The summed E-state index contributed by atoms with van der Waals surface area (Å²) in [6.45, 7) is 3.70. The molecule has 0 spiro atoms. The smallest absolute Gasteiger partial charge is 0.241 e. The van der Waals surface area contributed by atoms with Crippen LogP contribution in [0.2, 0.25) is 0 Å². The van der Waals surface area contributed by atoms with Crippen LogP contribution in [0.15, 0.2) is 0 Å². The number of nitrogens with one attached hydrogen (secondary N) is 2. The first kappa shape index (κ1) is 13.0. The molecule has 1 rings (SSSR count). The van der Waals surface area contributed by atoms with E-state index in [1.807, 2.05) is 6.92 Å². The molecule has 1 fully saturated rings. The number of carbonyl (C=O) groups is 2. The van der Waals surface area contributed by atoms with Crippen LogP contribution < -0.4 is 10.6 Å². The zero-order valence-electron chi connectivity index (χ0n) is 10.3. The molecule has 0 radical (unpaired) electrons. The Morgan fingerprint density at radius 3 is 2.56 bits per heavy atom. The molecule has 92 valence electrons. The number of hydrogen-bond donors (Lipinski definition) is 2. The largest absolute Gasteiger partial charge is 0.347 e. The molecule has 0 bridgehead atoms. The van der Waals surface area contributed by atoms with E-state index < -0.39 is 0 Å². The van der Waals surface area contributed by atoms with Crippen molar-refractivity contribution in [3.05, 3.63) is 0 Å². The molecular weight excluding hydrogens is 206 g/mol. The topological polar surface area (TPSA) is 61.4 Å². The first-order valence-electron chi connectivity index (χ1n) is 5.71. The van der Waals surface area contributed by atoms with Gasteiger partial charge in [0.15, 0.2) is 0 Å². The second-order valence-electron chi connectivity index (χ2n) is 4.53. The van der Waals surface area contributed by atoms with Gasteiger partial charge in [-0.05, 0) is 19.4 Å². The average Bonchev–Trinajstić information content (AvgIpc) is 2.74. The van der Waals surface area contributed by atoms with Crippen molar-refractivity contribution in [2.75, 3.05) is 33.7 Å². The zero-order valence-corrected chi connectivity index (χ0v) is 10.3. The highest BCUT2D eigenvalue weighted by Gasteiger charge is 2.39. The molecule has 0 aromatic carbocycles. The molecule has 0 saturated carbocycles. The maximum Gasteiger partial charge on any atom is 0.241 e. The number of rotatable bonds is 4. The van der Waals surface area contributed by atoms with Gasteiger partial charge >= 0.3 is 0 Å². The number of carbonyl (C=O) groups excluding carboxylic acids is 2. The molecule has 1 aliphatic rings. The molecule has 0 aliphatic carbocycles. The Labute approximate surface area is 96.6 Å². The predicted molar refractivity (Wildman–Crippen MR) is 61.9 cm³/mol. The van der Waals surface area contributed by atoms with E-state index in [2.05, 4.69) is 10.6 Å². The lowest BCUT2D eigenvalue weighted by molar-refractivity contribution is -0.135. The van der Waals surface area contributed by atoms with E-state index in [9.17, 15) is 9.59 Å². The Morgan fingerprint density at radius 1 is 1.44 bits per heavy atom. The molecule has 16 heavy (non-hydrogen) atoms. The maximum atomic E-state index is 12.0. The fraction of sp³-hybridized carbons (Fsp3) is 0.818. The van der Waals surface area contributed by atoms with E-state index in [0.29, 0.717) is 6.54 Å². The van der Waals surface area contributed by atoms with Crippen molar-refractivity contribution in [3.8, 4) is 0 Å². The first-order valence-corrected chi connectivity index (χ1v) is 5.71. The highest BCUT2D eigenvalue weighted by molar-refractivity contribution is 5.88. The van der Waals surface area contributed by atoms with Crippen molar-refractivity contribution in [1.29, 1.82) is 0 Å². The lowest BCUT2D eigenvalue weighted by atomic mass is 9.83. The predicted octanol–water partition coefficient (Wildman–Crippen LogP) is -0.419. The third kappa shape index (κ3) is 2.72. The van der Waals surface area contributed by atoms with Gasteiger partial charge in [-0.2, -0.15) is 0 Å². The van der Waals surface area contributed by atoms with Crippen molar-refractivity contribution in [3.63, 3.8) is 0 Å². The van der Waals surface area contributed by atoms with Gasteiger partial charge < -0.3 is 15.5 Å². The quantitative estimate of drug-likeness (QED) is 0.686. The third-order valence-corrected chi connectivity index (χ3v) is 3.30. The SMILES string of the molecule is CCC1(C(=O)NCC(=O)N(C)C)CCNC1. The Bertz CT molecular complexity index is 270. The summed E-state index contributed by atoms with van der Waals surface area (Å²) in [5, 5.41) is 5.93. The third-order valence-electron chi connectivity index (χ3n) is 3.30. The molecule has 2 N–H and O–H groups in total. The second-order valence-corrected chi connectivity index (χ2v) is 4.53. The fourth-order valence-corrected chi connectivity index (χ4v) is 1.90. The van der Waals surface area contributed by atoms with E-state index >= 15 is 0 Å². The van der Waals surface area contributed by atoms with Crippen LogP contribution >= 0.6 is 0 Å². The van der Waals surface area contributed by atoms with Crippen molar-refractivity contribution in [2.45, 2.75) is 19.8 Å². The van der Waals surface area contributed by atoms with Gasteiger partial charge in [0.05, 0.1) is 12.0 Å². The van der Waals surface area contributed by atoms with E-state index in [1.54, 1.807) is 14.1 Å². The van der Waals surface area contributed by atoms with Crippen LogP contribution in [0.25, 0.3) is 0 Å².